The number of rotatable bonds is 9. The van der Waals surface area contributed by atoms with Gasteiger partial charge in [0.1, 0.15) is 11.3 Å². The number of fused-ring (bicyclic) bond motifs is 2. The first-order chi connectivity index (χ1) is 19.8. The van der Waals surface area contributed by atoms with E-state index < -0.39 is 5.97 Å². The van der Waals surface area contributed by atoms with Gasteiger partial charge < -0.3 is 23.4 Å². The Morgan fingerprint density at radius 1 is 1.05 bits per heavy atom. The van der Waals surface area contributed by atoms with Crippen molar-refractivity contribution in [3.8, 4) is 28.8 Å². The Morgan fingerprint density at radius 3 is 2.59 bits per heavy atom. The Morgan fingerprint density at radius 2 is 1.83 bits per heavy atom. The molecule has 0 bridgehead atoms. The number of furan rings is 1. The molecule has 0 radical (unpaired) electrons. The number of hydrogen-bond donors (Lipinski definition) is 0. The molecule has 0 atom stereocenters. The molecule has 210 valence electrons. The van der Waals surface area contributed by atoms with Gasteiger partial charge in [-0.15, -0.1) is 0 Å². The molecule has 5 rings (SSSR count). The number of aromatic nitrogens is 2. The summed E-state index contributed by atoms with van der Waals surface area (Å²) in [6.45, 7) is 3.23. The van der Waals surface area contributed by atoms with Gasteiger partial charge in [-0.05, 0) is 77.8 Å². The maximum Gasteiger partial charge on any atom is 0.344 e. The number of methoxy groups -OCH3 is 2. The van der Waals surface area contributed by atoms with E-state index in [4.69, 9.17) is 28.3 Å². The molecule has 0 fully saturated rings. The first-order valence-electron chi connectivity index (χ1n) is 12.6. The first kappa shape index (κ1) is 27.9. The van der Waals surface area contributed by atoms with E-state index in [1.54, 1.807) is 57.4 Å². The number of esters is 1. The lowest BCUT2D eigenvalue weighted by Gasteiger charge is -2.14. The standard InChI is InChI=1S/C30H26BrN3O7/c1-17(2)40-27(35)16-39-28-21(31)12-18(13-25(28)38-4)15-32-34-29(33-22-9-6-5-8-19(22)30(34)36)26-14-20-23(37-3)10-7-11-24(20)41-26/h5-15,17H,16H2,1-4H3. The van der Waals surface area contributed by atoms with Crippen LogP contribution in [0.5, 0.6) is 17.2 Å². The Balaban J connectivity index is 1.56. The fraction of sp³-hybridized carbons (Fsp3) is 0.200. The minimum Gasteiger partial charge on any atom is -0.496 e. The summed E-state index contributed by atoms with van der Waals surface area (Å²) in [7, 11) is 3.06. The van der Waals surface area contributed by atoms with Gasteiger partial charge in [0.05, 0.1) is 47.3 Å². The zero-order valence-electron chi connectivity index (χ0n) is 22.7. The highest BCUT2D eigenvalue weighted by Gasteiger charge is 2.19. The average molecular weight is 620 g/mol. The van der Waals surface area contributed by atoms with Crippen molar-refractivity contribution in [1.29, 1.82) is 0 Å². The Hall–Kier alpha value is -4.64. The van der Waals surface area contributed by atoms with Crippen LogP contribution in [0.2, 0.25) is 0 Å². The van der Waals surface area contributed by atoms with Crippen LogP contribution in [0.4, 0.5) is 0 Å². The third-order valence-electron chi connectivity index (χ3n) is 5.99. The monoisotopic (exact) mass is 619 g/mol. The molecule has 0 spiro atoms. The highest BCUT2D eigenvalue weighted by molar-refractivity contribution is 9.10. The van der Waals surface area contributed by atoms with Crippen molar-refractivity contribution in [2.75, 3.05) is 20.8 Å². The quantitative estimate of drug-likeness (QED) is 0.150. The summed E-state index contributed by atoms with van der Waals surface area (Å²) in [4.78, 5) is 30.3. The minimum absolute atomic E-state index is 0.220. The maximum absolute atomic E-state index is 13.6. The number of carbonyl (C=O) groups excluding carboxylic acids is 1. The van der Waals surface area contributed by atoms with Crippen LogP contribution >= 0.6 is 15.9 Å². The molecule has 0 amide bonds. The number of benzene rings is 3. The Bertz CT molecular complexity index is 1840. The molecule has 2 heterocycles. The second kappa shape index (κ2) is 11.8. The van der Waals surface area contributed by atoms with Crippen LogP contribution in [0.15, 0.2) is 79.4 Å². The van der Waals surface area contributed by atoms with Crippen LogP contribution in [0, 0.1) is 0 Å². The molecule has 0 N–H and O–H groups in total. The number of para-hydroxylation sites is 1. The summed E-state index contributed by atoms with van der Waals surface area (Å²) >= 11 is 3.47. The van der Waals surface area contributed by atoms with Crippen LogP contribution < -0.4 is 19.8 Å². The van der Waals surface area contributed by atoms with E-state index in [1.165, 1.54) is 18.0 Å². The lowest BCUT2D eigenvalue weighted by molar-refractivity contribution is -0.149. The van der Waals surface area contributed by atoms with Crippen LogP contribution in [0.3, 0.4) is 0 Å². The summed E-state index contributed by atoms with van der Waals surface area (Å²) in [6, 6.07) is 17.6. The van der Waals surface area contributed by atoms with E-state index in [0.29, 0.717) is 49.5 Å². The smallest absolute Gasteiger partial charge is 0.344 e. The summed E-state index contributed by atoms with van der Waals surface area (Å²) < 4.78 is 29.5. The second-order valence-electron chi connectivity index (χ2n) is 9.16. The molecule has 0 unspecified atom stereocenters. The predicted octanol–water partition coefficient (Wildman–Crippen LogP) is 5.80. The molecule has 0 aliphatic heterocycles. The molecule has 0 saturated carbocycles. The second-order valence-corrected chi connectivity index (χ2v) is 10.0. The molecule has 0 aliphatic rings. The van der Waals surface area contributed by atoms with Crippen LogP contribution in [0.25, 0.3) is 33.5 Å². The van der Waals surface area contributed by atoms with Crippen LogP contribution in [-0.4, -0.2) is 48.8 Å². The minimum atomic E-state index is -0.501. The van der Waals surface area contributed by atoms with E-state index in [9.17, 15) is 9.59 Å². The van der Waals surface area contributed by atoms with Gasteiger partial charge in [-0.25, -0.2) is 9.78 Å². The molecule has 5 aromatic rings. The molecule has 41 heavy (non-hydrogen) atoms. The summed E-state index contributed by atoms with van der Waals surface area (Å²) in [5.74, 6) is 1.38. The summed E-state index contributed by atoms with van der Waals surface area (Å²) in [6.07, 6.45) is 1.24. The van der Waals surface area contributed by atoms with Crippen molar-refractivity contribution < 1.29 is 28.2 Å². The molecular formula is C30H26BrN3O7. The van der Waals surface area contributed by atoms with Crippen molar-refractivity contribution in [3.63, 3.8) is 0 Å². The largest absolute Gasteiger partial charge is 0.496 e. The fourth-order valence-corrected chi connectivity index (χ4v) is 4.79. The number of nitrogens with zero attached hydrogens (tertiary/aromatic N) is 3. The predicted molar refractivity (Wildman–Crippen MR) is 158 cm³/mol. The summed E-state index contributed by atoms with van der Waals surface area (Å²) in [5.41, 5.74) is 1.30. The Labute approximate surface area is 243 Å². The van der Waals surface area contributed by atoms with Crippen molar-refractivity contribution in [3.05, 3.63) is 81.1 Å². The third-order valence-corrected chi connectivity index (χ3v) is 6.58. The van der Waals surface area contributed by atoms with Crippen LogP contribution in [0.1, 0.15) is 19.4 Å². The molecule has 11 heteroatoms. The number of carbonyl (C=O) groups is 1. The topological polar surface area (TPSA) is 114 Å². The van der Waals surface area contributed by atoms with Gasteiger partial charge >= 0.3 is 5.97 Å². The van der Waals surface area contributed by atoms with Gasteiger partial charge in [0.2, 0.25) is 5.82 Å². The number of halogens is 1. The number of hydrogen-bond acceptors (Lipinski definition) is 9. The van der Waals surface area contributed by atoms with Crippen LogP contribution in [-0.2, 0) is 9.53 Å². The maximum atomic E-state index is 13.6. The van der Waals surface area contributed by atoms with Crippen molar-refractivity contribution in [2.45, 2.75) is 20.0 Å². The zero-order chi connectivity index (χ0) is 29.1. The van der Waals surface area contributed by atoms with Gasteiger partial charge in [-0.1, -0.05) is 18.2 Å². The Kier molecular flexibility index (Phi) is 8.06. The van der Waals surface area contributed by atoms with Crippen molar-refractivity contribution in [2.24, 2.45) is 5.10 Å². The van der Waals surface area contributed by atoms with Gasteiger partial charge in [0.15, 0.2) is 23.9 Å². The van der Waals surface area contributed by atoms with Crippen molar-refractivity contribution in [1.82, 2.24) is 9.66 Å². The SMILES string of the molecule is COc1cc(C=Nn2c(-c3cc4c(OC)cccc4o3)nc3ccccc3c2=O)cc(Br)c1OCC(=O)OC(C)C. The first-order valence-corrected chi connectivity index (χ1v) is 13.4. The highest BCUT2D eigenvalue weighted by atomic mass is 79.9. The molecule has 0 saturated heterocycles. The third kappa shape index (κ3) is 5.80. The highest BCUT2D eigenvalue weighted by Crippen LogP contribution is 2.37. The van der Waals surface area contributed by atoms with Crippen molar-refractivity contribution >= 4 is 50.0 Å². The fourth-order valence-electron chi connectivity index (χ4n) is 4.22. The van der Waals surface area contributed by atoms with Gasteiger partial charge in [-0.2, -0.15) is 9.78 Å². The molecule has 10 nitrogen and oxygen atoms in total. The van der Waals surface area contributed by atoms with E-state index in [-0.39, 0.29) is 24.1 Å². The zero-order valence-corrected chi connectivity index (χ0v) is 24.3. The lowest BCUT2D eigenvalue weighted by Crippen LogP contribution is -2.20. The number of ether oxygens (including phenoxy) is 4. The molecule has 0 aliphatic carbocycles. The molecule has 2 aromatic heterocycles. The van der Waals surface area contributed by atoms with Gasteiger partial charge in [-0.3, -0.25) is 4.79 Å². The van der Waals surface area contributed by atoms with Gasteiger partial charge in [0, 0.05) is 0 Å². The average Bonchev–Trinajstić information content (AvgIpc) is 3.40. The molecule has 3 aromatic carbocycles. The van der Waals surface area contributed by atoms with E-state index >= 15 is 0 Å². The molecular weight excluding hydrogens is 594 g/mol. The van der Waals surface area contributed by atoms with Gasteiger partial charge in [0.25, 0.3) is 5.56 Å². The summed E-state index contributed by atoms with van der Waals surface area (Å²) in [5, 5.41) is 5.64. The van der Waals surface area contributed by atoms with E-state index in [1.807, 2.05) is 24.3 Å². The van der Waals surface area contributed by atoms with E-state index in [2.05, 4.69) is 21.0 Å². The lowest BCUT2D eigenvalue weighted by atomic mass is 10.2. The normalized spacial score (nSPS) is 11.5. The van der Waals surface area contributed by atoms with E-state index in [0.717, 1.165) is 5.39 Å².